The molecule has 0 saturated heterocycles. The van der Waals surface area contributed by atoms with Crippen LogP contribution in [0.4, 0.5) is 5.69 Å². The van der Waals surface area contributed by atoms with Crippen LogP contribution in [0.25, 0.3) is 0 Å². The molecule has 0 aromatic carbocycles. The summed E-state index contributed by atoms with van der Waals surface area (Å²) in [4.78, 5) is 4.37. The molecule has 1 heterocycles. The Bertz CT molecular complexity index is 347. The molecule has 17 heavy (non-hydrogen) atoms. The molecule has 0 amide bonds. The number of nitrogen functional groups attached to an aromatic ring is 1. The van der Waals surface area contributed by atoms with Crippen molar-refractivity contribution in [2.45, 2.75) is 37.0 Å². The molecule has 4 nitrogen and oxygen atoms in total. The van der Waals surface area contributed by atoms with Gasteiger partial charge in [-0.25, -0.2) is 4.98 Å². The van der Waals surface area contributed by atoms with E-state index >= 15 is 0 Å². The Kier molecular flexibility index (Phi) is 6.15. The molecule has 0 aliphatic rings. The summed E-state index contributed by atoms with van der Waals surface area (Å²) in [5.41, 5.74) is 6.35. The fraction of sp³-hybridized carbons (Fsp3) is 0.583. The van der Waals surface area contributed by atoms with Crippen molar-refractivity contribution in [2.75, 3.05) is 18.9 Å². The molecule has 0 fully saturated rings. The molecular weight excluding hydrogens is 236 g/mol. The van der Waals surface area contributed by atoms with Gasteiger partial charge in [0.1, 0.15) is 5.03 Å². The molecule has 1 aromatic heterocycles. The number of thioether (sulfide) groups is 1. The maximum absolute atomic E-state index is 8.85. The number of aliphatic hydroxyl groups excluding tert-OH is 1. The summed E-state index contributed by atoms with van der Waals surface area (Å²) in [6.45, 7) is 4.92. The molecular formula is C12H20N2O2S. The number of hydrogen-bond donors (Lipinski definition) is 2. The fourth-order valence-corrected chi connectivity index (χ4v) is 2.18. The van der Waals surface area contributed by atoms with Gasteiger partial charge in [0.2, 0.25) is 5.88 Å². The summed E-state index contributed by atoms with van der Waals surface area (Å²) in [6.07, 6.45) is 1.68. The lowest BCUT2D eigenvalue weighted by Crippen LogP contribution is -2.03. The molecule has 1 atom stereocenters. The van der Waals surface area contributed by atoms with Crippen LogP contribution in [-0.2, 0) is 0 Å². The number of ether oxygens (including phenoxy) is 1. The summed E-state index contributed by atoms with van der Waals surface area (Å²) >= 11 is 1.62. The fourth-order valence-electron chi connectivity index (χ4n) is 1.26. The first kappa shape index (κ1) is 14.1. The zero-order valence-corrected chi connectivity index (χ0v) is 11.2. The summed E-state index contributed by atoms with van der Waals surface area (Å²) in [7, 11) is 0. The first-order valence-electron chi connectivity index (χ1n) is 5.84. The lowest BCUT2D eigenvalue weighted by atomic mass is 10.3. The number of nitrogens with two attached hydrogens (primary N) is 1. The Morgan fingerprint density at radius 1 is 1.53 bits per heavy atom. The molecule has 0 spiro atoms. The average Bonchev–Trinajstić information content (AvgIpc) is 2.30. The Balaban J connectivity index is 2.67. The summed E-state index contributed by atoms with van der Waals surface area (Å²) in [5, 5.41) is 10.1. The third-order valence-electron chi connectivity index (χ3n) is 2.16. The Morgan fingerprint density at radius 2 is 2.29 bits per heavy atom. The maximum atomic E-state index is 8.85. The van der Waals surface area contributed by atoms with E-state index in [1.807, 2.05) is 19.1 Å². The van der Waals surface area contributed by atoms with Crippen LogP contribution in [0.15, 0.2) is 17.2 Å². The number of anilines is 1. The lowest BCUT2D eigenvalue weighted by molar-refractivity contribution is 0.289. The minimum Gasteiger partial charge on any atom is -0.476 e. The molecule has 0 bridgehead atoms. The van der Waals surface area contributed by atoms with Gasteiger partial charge in [-0.15, -0.1) is 11.8 Å². The number of aromatic nitrogens is 1. The van der Waals surface area contributed by atoms with Crippen LogP contribution in [0.5, 0.6) is 5.88 Å². The van der Waals surface area contributed by atoms with E-state index in [4.69, 9.17) is 15.6 Å². The Morgan fingerprint density at radius 3 is 2.94 bits per heavy atom. The van der Waals surface area contributed by atoms with Crippen LogP contribution < -0.4 is 10.5 Å². The van der Waals surface area contributed by atoms with Crippen molar-refractivity contribution in [3.8, 4) is 5.88 Å². The molecule has 96 valence electrons. The lowest BCUT2D eigenvalue weighted by Gasteiger charge is -2.11. The highest BCUT2D eigenvalue weighted by molar-refractivity contribution is 7.99. The van der Waals surface area contributed by atoms with Gasteiger partial charge in [0.15, 0.2) is 0 Å². The normalized spacial score (nSPS) is 12.4. The minimum atomic E-state index is 0.197. The van der Waals surface area contributed by atoms with Gasteiger partial charge in [-0.3, -0.25) is 0 Å². The second-order valence-corrected chi connectivity index (χ2v) is 5.29. The molecule has 0 radical (unpaired) electrons. The van der Waals surface area contributed by atoms with E-state index in [1.54, 1.807) is 11.8 Å². The minimum absolute atomic E-state index is 0.197. The second kappa shape index (κ2) is 7.40. The smallest absolute Gasteiger partial charge is 0.238 e. The predicted octanol–water partition coefficient (Wildman–Crippen LogP) is 2.32. The first-order chi connectivity index (χ1) is 8.17. The second-order valence-electron chi connectivity index (χ2n) is 3.83. The van der Waals surface area contributed by atoms with Crippen LogP contribution >= 0.6 is 11.8 Å². The standard InChI is InChI=1S/C12H20N2O2S/c1-3-8-16-12-10(13)4-5-11(14-12)17-9(2)6-7-15/h4-5,9,15H,3,6-8,13H2,1-2H3. The highest BCUT2D eigenvalue weighted by Gasteiger charge is 2.08. The Labute approximate surface area is 107 Å². The number of pyridine rings is 1. The average molecular weight is 256 g/mol. The van der Waals surface area contributed by atoms with Crippen LogP contribution in [-0.4, -0.2) is 28.6 Å². The summed E-state index contributed by atoms with van der Waals surface area (Å²) in [6, 6.07) is 3.69. The number of nitrogens with zero attached hydrogens (tertiary/aromatic N) is 1. The predicted molar refractivity (Wildman–Crippen MR) is 71.5 cm³/mol. The first-order valence-corrected chi connectivity index (χ1v) is 6.72. The highest BCUT2D eigenvalue weighted by Crippen LogP contribution is 2.28. The van der Waals surface area contributed by atoms with Gasteiger partial charge in [-0.1, -0.05) is 13.8 Å². The maximum Gasteiger partial charge on any atom is 0.238 e. The van der Waals surface area contributed by atoms with Gasteiger partial charge in [0.05, 0.1) is 12.3 Å². The summed E-state index contributed by atoms with van der Waals surface area (Å²) < 4.78 is 5.47. The third-order valence-corrected chi connectivity index (χ3v) is 3.27. The van der Waals surface area contributed by atoms with Crippen molar-refractivity contribution >= 4 is 17.4 Å². The van der Waals surface area contributed by atoms with E-state index in [2.05, 4.69) is 11.9 Å². The van der Waals surface area contributed by atoms with Gasteiger partial charge in [-0.2, -0.15) is 0 Å². The van der Waals surface area contributed by atoms with Crippen molar-refractivity contribution in [1.82, 2.24) is 4.98 Å². The molecule has 5 heteroatoms. The molecule has 1 unspecified atom stereocenters. The van der Waals surface area contributed by atoms with Crippen molar-refractivity contribution in [1.29, 1.82) is 0 Å². The molecule has 1 aromatic rings. The van der Waals surface area contributed by atoms with Gasteiger partial charge >= 0.3 is 0 Å². The molecule has 0 saturated carbocycles. The van der Waals surface area contributed by atoms with Crippen LogP contribution in [0.3, 0.4) is 0 Å². The zero-order valence-electron chi connectivity index (χ0n) is 10.3. The zero-order chi connectivity index (χ0) is 12.7. The van der Waals surface area contributed by atoms with E-state index in [-0.39, 0.29) is 6.61 Å². The van der Waals surface area contributed by atoms with Gasteiger partial charge in [0.25, 0.3) is 0 Å². The van der Waals surface area contributed by atoms with Crippen molar-refractivity contribution in [3.63, 3.8) is 0 Å². The number of hydrogen-bond acceptors (Lipinski definition) is 5. The van der Waals surface area contributed by atoms with E-state index in [9.17, 15) is 0 Å². The van der Waals surface area contributed by atoms with Crippen LogP contribution in [0, 0.1) is 0 Å². The highest BCUT2D eigenvalue weighted by atomic mass is 32.2. The van der Waals surface area contributed by atoms with Crippen LogP contribution in [0.1, 0.15) is 26.7 Å². The monoisotopic (exact) mass is 256 g/mol. The van der Waals surface area contributed by atoms with Crippen LogP contribution in [0.2, 0.25) is 0 Å². The summed E-state index contributed by atoms with van der Waals surface area (Å²) in [5.74, 6) is 0.507. The largest absolute Gasteiger partial charge is 0.476 e. The topological polar surface area (TPSA) is 68.4 Å². The number of aliphatic hydroxyl groups is 1. The molecule has 0 aliphatic heterocycles. The van der Waals surface area contributed by atoms with Gasteiger partial charge in [-0.05, 0) is 25.0 Å². The Hall–Kier alpha value is -0.940. The van der Waals surface area contributed by atoms with E-state index in [1.165, 1.54) is 0 Å². The van der Waals surface area contributed by atoms with Gasteiger partial charge < -0.3 is 15.6 Å². The number of rotatable bonds is 7. The van der Waals surface area contributed by atoms with E-state index < -0.39 is 0 Å². The van der Waals surface area contributed by atoms with Crippen molar-refractivity contribution < 1.29 is 9.84 Å². The van der Waals surface area contributed by atoms with Gasteiger partial charge in [0, 0.05) is 11.9 Å². The van der Waals surface area contributed by atoms with E-state index in [0.29, 0.717) is 23.4 Å². The third kappa shape index (κ3) is 4.83. The molecule has 3 N–H and O–H groups in total. The molecule has 0 aliphatic carbocycles. The van der Waals surface area contributed by atoms with Crippen molar-refractivity contribution in [2.24, 2.45) is 0 Å². The molecule has 1 rings (SSSR count). The SMILES string of the molecule is CCCOc1nc(SC(C)CCO)ccc1N. The quantitative estimate of drug-likeness (QED) is 0.733. The van der Waals surface area contributed by atoms with Crippen molar-refractivity contribution in [3.05, 3.63) is 12.1 Å². The van der Waals surface area contributed by atoms with E-state index in [0.717, 1.165) is 17.9 Å².